The summed E-state index contributed by atoms with van der Waals surface area (Å²) < 4.78 is 5.09. The molecule has 0 bridgehead atoms. The van der Waals surface area contributed by atoms with Crippen LogP contribution in [0.15, 0.2) is 24.3 Å². The van der Waals surface area contributed by atoms with Crippen molar-refractivity contribution >= 4 is 11.9 Å². The Bertz CT molecular complexity index is 508. The van der Waals surface area contributed by atoms with Gasteiger partial charge in [0, 0.05) is 38.3 Å². The maximum atomic E-state index is 12.4. The zero-order valence-electron chi connectivity index (χ0n) is 13.2. The van der Waals surface area contributed by atoms with Gasteiger partial charge in [-0.1, -0.05) is 6.92 Å². The highest BCUT2D eigenvalue weighted by atomic mass is 16.5. The van der Waals surface area contributed by atoms with Crippen LogP contribution in [0.5, 0.6) is 5.75 Å². The molecule has 6 heteroatoms. The lowest BCUT2D eigenvalue weighted by Crippen LogP contribution is -2.53. The second-order valence-corrected chi connectivity index (χ2v) is 5.24. The Labute approximate surface area is 131 Å². The standard InChI is InChI=1S/C16H23N3O3/c1-3-8-17-16(21)19-11-9-18(10-12-19)15(20)13-4-6-14(22-2)7-5-13/h4-7H,3,8-12H2,1-2H3,(H,17,21). The average molecular weight is 305 g/mol. The van der Waals surface area contributed by atoms with Gasteiger partial charge in [0.2, 0.25) is 0 Å². The van der Waals surface area contributed by atoms with Crippen molar-refractivity contribution in [2.45, 2.75) is 13.3 Å². The quantitative estimate of drug-likeness (QED) is 0.918. The Kier molecular flexibility index (Phi) is 5.63. The zero-order valence-corrected chi connectivity index (χ0v) is 13.2. The summed E-state index contributed by atoms with van der Waals surface area (Å²) in [4.78, 5) is 27.8. The highest BCUT2D eigenvalue weighted by molar-refractivity contribution is 5.94. The molecule has 1 N–H and O–H groups in total. The van der Waals surface area contributed by atoms with Gasteiger partial charge in [-0.25, -0.2) is 4.79 Å². The van der Waals surface area contributed by atoms with Crippen LogP contribution >= 0.6 is 0 Å². The van der Waals surface area contributed by atoms with Crippen molar-refractivity contribution in [1.29, 1.82) is 0 Å². The maximum Gasteiger partial charge on any atom is 0.317 e. The number of ether oxygens (including phenoxy) is 1. The fourth-order valence-electron chi connectivity index (χ4n) is 2.37. The molecule has 0 aliphatic carbocycles. The fourth-order valence-corrected chi connectivity index (χ4v) is 2.37. The van der Waals surface area contributed by atoms with E-state index < -0.39 is 0 Å². The van der Waals surface area contributed by atoms with Crippen LogP contribution in [-0.4, -0.2) is 61.6 Å². The number of nitrogens with one attached hydrogen (secondary N) is 1. The summed E-state index contributed by atoms with van der Waals surface area (Å²) in [5.41, 5.74) is 0.643. The van der Waals surface area contributed by atoms with Gasteiger partial charge in [0.1, 0.15) is 5.75 Å². The Balaban J connectivity index is 1.87. The number of amides is 3. The van der Waals surface area contributed by atoms with E-state index in [1.807, 2.05) is 6.92 Å². The second-order valence-electron chi connectivity index (χ2n) is 5.24. The van der Waals surface area contributed by atoms with E-state index in [1.54, 1.807) is 41.2 Å². The van der Waals surface area contributed by atoms with Gasteiger partial charge in [0.05, 0.1) is 7.11 Å². The van der Waals surface area contributed by atoms with Gasteiger partial charge in [-0.3, -0.25) is 4.79 Å². The molecule has 0 unspecified atom stereocenters. The van der Waals surface area contributed by atoms with Crippen LogP contribution < -0.4 is 10.1 Å². The van der Waals surface area contributed by atoms with Crippen LogP contribution in [0.1, 0.15) is 23.7 Å². The van der Waals surface area contributed by atoms with E-state index >= 15 is 0 Å². The molecule has 3 amide bonds. The Hall–Kier alpha value is -2.24. The summed E-state index contributed by atoms with van der Waals surface area (Å²) in [5, 5.41) is 2.86. The molecule has 6 nitrogen and oxygen atoms in total. The summed E-state index contributed by atoms with van der Waals surface area (Å²) in [7, 11) is 1.60. The summed E-state index contributed by atoms with van der Waals surface area (Å²) in [6, 6.07) is 7.05. The first-order chi connectivity index (χ1) is 10.7. The van der Waals surface area contributed by atoms with Crippen molar-refractivity contribution in [3.05, 3.63) is 29.8 Å². The molecule has 0 atom stereocenters. The van der Waals surface area contributed by atoms with E-state index in [9.17, 15) is 9.59 Å². The van der Waals surface area contributed by atoms with Gasteiger partial charge < -0.3 is 19.9 Å². The third-order valence-corrected chi connectivity index (χ3v) is 3.72. The third-order valence-electron chi connectivity index (χ3n) is 3.72. The van der Waals surface area contributed by atoms with Crippen LogP contribution in [0.25, 0.3) is 0 Å². The zero-order chi connectivity index (χ0) is 15.9. The molecule has 0 radical (unpaired) electrons. The number of hydrogen-bond acceptors (Lipinski definition) is 3. The highest BCUT2D eigenvalue weighted by Crippen LogP contribution is 2.14. The average Bonchev–Trinajstić information content (AvgIpc) is 2.59. The van der Waals surface area contributed by atoms with Gasteiger partial charge in [-0.05, 0) is 30.7 Å². The number of benzene rings is 1. The third kappa shape index (κ3) is 3.90. The number of rotatable bonds is 4. The summed E-state index contributed by atoms with van der Waals surface area (Å²) >= 11 is 0. The molecule has 22 heavy (non-hydrogen) atoms. The molecular formula is C16H23N3O3. The minimum Gasteiger partial charge on any atom is -0.497 e. The minimum atomic E-state index is -0.0432. The van der Waals surface area contributed by atoms with Crippen molar-refractivity contribution in [2.24, 2.45) is 0 Å². The first-order valence-corrected chi connectivity index (χ1v) is 7.61. The van der Waals surface area contributed by atoms with Crippen LogP contribution in [0, 0.1) is 0 Å². The topological polar surface area (TPSA) is 61.9 Å². The molecule has 1 aromatic rings. The number of hydrogen-bond donors (Lipinski definition) is 1. The van der Waals surface area contributed by atoms with Gasteiger partial charge in [-0.15, -0.1) is 0 Å². The number of carbonyl (C=O) groups excluding carboxylic acids is 2. The van der Waals surface area contributed by atoms with Crippen molar-refractivity contribution in [3.8, 4) is 5.75 Å². The lowest BCUT2D eigenvalue weighted by Gasteiger charge is -2.34. The SMILES string of the molecule is CCCNC(=O)N1CCN(C(=O)c2ccc(OC)cc2)CC1. The van der Waals surface area contributed by atoms with Gasteiger partial charge in [0.25, 0.3) is 5.91 Å². The van der Waals surface area contributed by atoms with Gasteiger partial charge in [0.15, 0.2) is 0 Å². The minimum absolute atomic E-state index is 0.00345. The second kappa shape index (κ2) is 7.68. The predicted molar refractivity (Wildman–Crippen MR) is 84.2 cm³/mol. The Morgan fingerprint density at radius 3 is 2.23 bits per heavy atom. The molecule has 120 valence electrons. The van der Waals surface area contributed by atoms with Crippen LogP contribution in [-0.2, 0) is 0 Å². The molecule has 1 saturated heterocycles. The smallest absolute Gasteiger partial charge is 0.317 e. The number of nitrogens with zero attached hydrogens (tertiary/aromatic N) is 2. The maximum absolute atomic E-state index is 12.4. The van der Waals surface area contributed by atoms with Crippen LogP contribution in [0.2, 0.25) is 0 Å². The van der Waals surface area contributed by atoms with E-state index in [2.05, 4.69) is 5.32 Å². The van der Waals surface area contributed by atoms with Crippen molar-refractivity contribution in [2.75, 3.05) is 39.8 Å². The summed E-state index contributed by atoms with van der Waals surface area (Å²) in [6.07, 6.45) is 0.918. The summed E-state index contributed by atoms with van der Waals surface area (Å²) in [6.45, 7) is 4.96. The number of methoxy groups -OCH3 is 1. The first-order valence-electron chi connectivity index (χ1n) is 7.61. The van der Waals surface area contributed by atoms with Crippen molar-refractivity contribution < 1.29 is 14.3 Å². The van der Waals surface area contributed by atoms with Crippen LogP contribution in [0.4, 0.5) is 4.79 Å². The number of carbonyl (C=O) groups is 2. The molecule has 2 rings (SSSR count). The molecule has 1 fully saturated rings. The monoisotopic (exact) mass is 305 g/mol. The molecule has 0 saturated carbocycles. The Morgan fingerprint density at radius 2 is 1.68 bits per heavy atom. The Morgan fingerprint density at radius 1 is 1.09 bits per heavy atom. The van der Waals surface area contributed by atoms with E-state index in [1.165, 1.54) is 0 Å². The number of piperazine rings is 1. The van der Waals surface area contributed by atoms with E-state index in [4.69, 9.17) is 4.74 Å². The van der Waals surface area contributed by atoms with Crippen molar-refractivity contribution in [1.82, 2.24) is 15.1 Å². The molecule has 0 spiro atoms. The largest absolute Gasteiger partial charge is 0.497 e. The molecule has 1 aliphatic heterocycles. The lowest BCUT2D eigenvalue weighted by atomic mass is 10.1. The lowest BCUT2D eigenvalue weighted by molar-refractivity contribution is 0.0665. The summed E-state index contributed by atoms with van der Waals surface area (Å²) in [5.74, 6) is 0.727. The predicted octanol–water partition coefficient (Wildman–Crippen LogP) is 1.57. The molecule has 0 aromatic heterocycles. The molecule has 1 aromatic carbocycles. The van der Waals surface area contributed by atoms with Crippen molar-refractivity contribution in [3.63, 3.8) is 0 Å². The molecule has 1 aliphatic rings. The molecular weight excluding hydrogens is 282 g/mol. The fraction of sp³-hybridized carbons (Fsp3) is 0.500. The normalized spacial score (nSPS) is 14.6. The van der Waals surface area contributed by atoms with E-state index in [0.29, 0.717) is 38.3 Å². The van der Waals surface area contributed by atoms with E-state index in [0.717, 1.165) is 12.2 Å². The highest BCUT2D eigenvalue weighted by Gasteiger charge is 2.24. The van der Waals surface area contributed by atoms with Gasteiger partial charge >= 0.3 is 6.03 Å². The van der Waals surface area contributed by atoms with Crippen LogP contribution in [0.3, 0.4) is 0 Å². The molecule has 1 heterocycles. The van der Waals surface area contributed by atoms with E-state index in [-0.39, 0.29) is 11.9 Å². The number of urea groups is 1. The van der Waals surface area contributed by atoms with Gasteiger partial charge in [-0.2, -0.15) is 0 Å². The first kappa shape index (κ1) is 16.1.